The Kier molecular flexibility index (Phi) is 1.96. The van der Waals surface area contributed by atoms with Crippen molar-refractivity contribution in [3.63, 3.8) is 0 Å². The number of nitrogens with zero attached hydrogens (tertiary/aromatic N) is 1. The summed E-state index contributed by atoms with van der Waals surface area (Å²) >= 11 is 0. The summed E-state index contributed by atoms with van der Waals surface area (Å²) in [6, 6.07) is 5.85. The smallest absolute Gasteiger partial charge is 0.225 e. The van der Waals surface area contributed by atoms with Gasteiger partial charge < -0.3 is 15.0 Å². The van der Waals surface area contributed by atoms with Crippen LogP contribution in [0.3, 0.4) is 0 Å². The molecule has 0 saturated heterocycles. The number of carbonyl (C=O) groups is 2. The lowest BCUT2D eigenvalue weighted by molar-refractivity contribution is -0.116. The lowest BCUT2D eigenvalue weighted by Gasteiger charge is -2.20. The maximum Gasteiger partial charge on any atom is 0.225 e. The summed E-state index contributed by atoms with van der Waals surface area (Å²) in [5.74, 6) is 0.322. The van der Waals surface area contributed by atoms with Gasteiger partial charge in [-0.2, -0.15) is 0 Å². The van der Waals surface area contributed by atoms with Gasteiger partial charge in [-0.3, -0.25) is 4.79 Å². The number of hydrogen-bond acceptors (Lipinski definition) is 3. The maximum absolute atomic E-state index is 11.5. The lowest BCUT2D eigenvalue weighted by Crippen LogP contribution is -2.26. The summed E-state index contributed by atoms with van der Waals surface area (Å²) < 4.78 is 0. The molecule has 0 saturated carbocycles. The van der Waals surface area contributed by atoms with Crippen LogP contribution < -0.4 is 10.2 Å². The molecule has 2 heterocycles. The standard InChI is InChI=1S/C12H12N2O2/c15-5-4-14-7-8-6-11(16)13-9-2-1-3-10(14)12(8)9/h1-3,5,8H,4,6-7H2,(H,13,16). The molecular weight excluding hydrogens is 204 g/mol. The van der Waals surface area contributed by atoms with E-state index in [2.05, 4.69) is 5.32 Å². The molecule has 3 rings (SSSR count). The molecule has 1 unspecified atom stereocenters. The summed E-state index contributed by atoms with van der Waals surface area (Å²) in [6.07, 6.45) is 1.44. The van der Waals surface area contributed by atoms with Gasteiger partial charge in [-0.05, 0) is 12.1 Å². The van der Waals surface area contributed by atoms with Crippen LogP contribution in [-0.2, 0) is 9.59 Å². The Labute approximate surface area is 93.2 Å². The van der Waals surface area contributed by atoms with E-state index in [1.54, 1.807) is 0 Å². The van der Waals surface area contributed by atoms with Crippen molar-refractivity contribution in [3.8, 4) is 0 Å². The number of amides is 1. The fourth-order valence-electron chi connectivity index (χ4n) is 2.68. The second-order valence-corrected chi connectivity index (χ2v) is 4.26. The van der Waals surface area contributed by atoms with Gasteiger partial charge in [-0.15, -0.1) is 0 Å². The van der Waals surface area contributed by atoms with Gasteiger partial charge in [0.25, 0.3) is 0 Å². The van der Waals surface area contributed by atoms with Crippen molar-refractivity contribution in [1.29, 1.82) is 0 Å². The van der Waals surface area contributed by atoms with Crippen LogP contribution in [0.15, 0.2) is 18.2 Å². The highest BCUT2D eigenvalue weighted by atomic mass is 16.1. The Morgan fingerprint density at radius 2 is 2.38 bits per heavy atom. The summed E-state index contributed by atoms with van der Waals surface area (Å²) in [6.45, 7) is 1.18. The fourth-order valence-corrected chi connectivity index (χ4v) is 2.68. The van der Waals surface area contributed by atoms with Gasteiger partial charge in [-0.1, -0.05) is 6.07 Å². The van der Waals surface area contributed by atoms with Crippen molar-refractivity contribution in [3.05, 3.63) is 23.8 Å². The Bertz CT molecular complexity index is 470. The highest BCUT2D eigenvalue weighted by Crippen LogP contribution is 2.44. The van der Waals surface area contributed by atoms with Gasteiger partial charge in [-0.25, -0.2) is 0 Å². The van der Waals surface area contributed by atoms with Crippen LogP contribution in [0.2, 0.25) is 0 Å². The third kappa shape index (κ3) is 1.23. The molecule has 82 valence electrons. The average molecular weight is 216 g/mol. The molecule has 2 aliphatic heterocycles. The van der Waals surface area contributed by atoms with E-state index in [0.717, 1.165) is 24.2 Å². The molecule has 0 aliphatic carbocycles. The van der Waals surface area contributed by atoms with E-state index in [9.17, 15) is 9.59 Å². The van der Waals surface area contributed by atoms with Crippen LogP contribution in [0.5, 0.6) is 0 Å². The Morgan fingerprint density at radius 1 is 1.50 bits per heavy atom. The van der Waals surface area contributed by atoms with E-state index in [4.69, 9.17) is 0 Å². The molecule has 1 aromatic carbocycles. The van der Waals surface area contributed by atoms with E-state index in [1.807, 2.05) is 23.1 Å². The molecule has 1 N–H and O–H groups in total. The minimum atomic E-state index is 0.0719. The molecular formula is C12H12N2O2. The molecule has 4 heteroatoms. The minimum Gasteiger partial charge on any atom is -0.364 e. The number of rotatable bonds is 2. The van der Waals surface area contributed by atoms with Crippen molar-refractivity contribution in [1.82, 2.24) is 0 Å². The van der Waals surface area contributed by atoms with Crippen LogP contribution in [0.1, 0.15) is 17.9 Å². The molecule has 0 bridgehead atoms. The highest BCUT2D eigenvalue weighted by Gasteiger charge is 2.35. The van der Waals surface area contributed by atoms with E-state index in [-0.39, 0.29) is 11.8 Å². The van der Waals surface area contributed by atoms with E-state index in [1.165, 1.54) is 5.56 Å². The van der Waals surface area contributed by atoms with Crippen molar-refractivity contribution in [2.45, 2.75) is 12.3 Å². The molecule has 4 nitrogen and oxygen atoms in total. The largest absolute Gasteiger partial charge is 0.364 e. The lowest BCUT2D eigenvalue weighted by atomic mass is 9.92. The monoisotopic (exact) mass is 216 g/mol. The predicted molar refractivity (Wildman–Crippen MR) is 60.7 cm³/mol. The number of nitrogens with one attached hydrogen (secondary N) is 1. The molecule has 1 atom stereocenters. The summed E-state index contributed by atoms with van der Waals surface area (Å²) in [5.41, 5.74) is 3.20. The minimum absolute atomic E-state index is 0.0719. The third-order valence-electron chi connectivity index (χ3n) is 3.27. The number of carbonyl (C=O) groups excluding carboxylic acids is 2. The third-order valence-corrected chi connectivity index (χ3v) is 3.27. The van der Waals surface area contributed by atoms with Crippen LogP contribution in [0, 0.1) is 0 Å². The first-order valence-electron chi connectivity index (χ1n) is 5.41. The maximum atomic E-state index is 11.5. The van der Waals surface area contributed by atoms with Crippen LogP contribution >= 0.6 is 0 Å². The zero-order valence-electron chi connectivity index (χ0n) is 8.77. The summed E-state index contributed by atoms with van der Waals surface area (Å²) in [5, 5.41) is 2.88. The fraction of sp³-hybridized carbons (Fsp3) is 0.333. The molecule has 0 spiro atoms. The van der Waals surface area contributed by atoms with Crippen molar-refractivity contribution >= 4 is 23.6 Å². The van der Waals surface area contributed by atoms with Gasteiger partial charge in [0.05, 0.1) is 6.54 Å². The SMILES string of the molecule is O=CCN1CC2CC(=O)Nc3cccc1c32. The first-order chi connectivity index (χ1) is 7.79. The normalized spacial score (nSPS) is 21.6. The summed E-state index contributed by atoms with van der Waals surface area (Å²) in [7, 11) is 0. The second kappa shape index (κ2) is 3.33. The zero-order chi connectivity index (χ0) is 11.1. The van der Waals surface area contributed by atoms with Gasteiger partial charge in [0.15, 0.2) is 0 Å². The molecule has 0 aromatic heterocycles. The van der Waals surface area contributed by atoms with E-state index in [0.29, 0.717) is 13.0 Å². The topological polar surface area (TPSA) is 49.4 Å². The van der Waals surface area contributed by atoms with Crippen molar-refractivity contribution in [2.24, 2.45) is 0 Å². The Hall–Kier alpha value is -1.84. The average Bonchev–Trinajstić information content (AvgIpc) is 2.59. The highest BCUT2D eigenvalue weighted by molar-refractivity contribution is 5.97. The van der Waals surface area contributed by atoms with E-state index >= 15 is 0 Å². The number of aldehydes is 1. The first kappa shape index (κ1) is 9.39. The van der Waals surface area contributed by atoms with Crippen molar-refractivity contribution in [2.75, 3.05) is 23.3 Å². The molecule has 2 aliphatic rings. The van der Waals surface area contributed by atoms with Gasteiger partial charge in [0.1, 0.15) is 6.29 Å². The number of anilines is 2. The quantitative estimate of drug-likeness (QED) is 0.754. The van der Waals surface area contributed by atoms with Gasteiger partial charge >= 0.3 is 0 Å². The molecule has 0 radical (unpaired) electrons. The van der Waals surface area contributed by atoms with Crippen molar-refractivity contribution < 1.29 is 9.59 Å². The molecule has 16 heavy (non-hydrogen) atoms. The molecule has 1 amide bonds. The molecule has 1 aromatic rings. The van der Waals surface area contributed by atoms with Crippen LogP contribution in [-0.4, -0.2) is 25.3 Å². The number of benzene rings is 1. The van der Waals surface area contributed by atoms with Crippen LogP contribution in [0.4, 0.5) is 11.4 Å². The Balaban J connectivity index is 2.09. The van der Waals surface area contributed by atoms with Crippen LogP contribution in [0.25, 0.3) is 0 Å². The second-order valence-electron chi connectivity index (χ2n) is 4.26. The number of hydrogen-bond donors (Lipinski definition) is 1. The first-order valence-corrected chi connectivity index (χ1v) is 5.41. The van der Waals surface area contributed by atoms with E-state index < -0.39 is 0 Å². The van der Waals surface area contributed by atoms with Gasteiger partial charge in [0.2, 0.25) is 5.91 Å². The van der Waals surface area contributed by atoms with Gasteiger partial charge in [0, 0.05) is 35.8 Å². The predicted octanol–water partition coefficient (Wildman–Crippen LogP) is 1.13. The Morgan fingerprint density at radius 3 is 3.19 bits per heavy atom. The zero-order valence-corrected chi connectivity index (χ0v) is 8.77. The summed E-state index contributed by atoms with van der Waals surface area (Å²) in [4.78, 5) is 24.1. The molecule has 0 fully saturated rings.